The highest BCUT2D eigenvalue weighted by Crippen LogP contribution is 2.21. The van der Waals surface area contributed by atoms with Crippen LogP contribution < -0.4 is 15.4 Å². The average molecular weight is 347 g/mol. The number of methoxy groups -OCH3 is 1. The number of halogens is 1. The summed E-state index contributed by atoms with van der Waals surface area (Å²) in [6.45, 7) is 9.07. The minimum Gasteiger partial charge on any atom is -0.494 e. The molecule has 0 radical (unpaired) electrons. The van der Waals surface area contributed by atoms with Crippen molar-refractivity contribution in [3.63, 3.8) is 0 Å². The first kappa shape index (κ1) is 18.8. The van der Waals surface area contributed by atoms with Crippen LogP contribution >= 0.6 is 0 Å². The number of aliphatic imine (C=N–C) groups is 1. The summed E-state index contributed by atoms with van der Waals surface area (Å²) in [6.07, 6.45) is 0. The van der Waals surface area contributed by atoms with Gasteiger partial charge in [-0.2, -0.15) is 0 Å². The van der Waals surface area contributed by atoms with Gasteiger partial charge < -0.3 is 19.8 Å². The summed E-state index contributed by atoms with van der Waals surface area (Å²) in [7, 11) is 1.45. The van der Waals surface area contributed by atoms with E-state index in [1.165, 1.54) is 13.2 Å². The molecular formula is C19H26FN3O2. The van der Waals surface area contributed by atoms with E-state index in [9.17, 15) is 4.39 Å². The van der Waals surface area contributed by atoms with Crippen LogP contribution in [-0.4, -0.2) is 19.6 Å². The molecule has 25 heavy (non-hydrogen) atoms. The lowest BCUT2D eigenvalue weighted by Crippen LogP contribution is -2.38. The number of furan rings is 1. The molecule has 2 rings (SSSR count). The van der Waals surface area contributed by atoms with Crippen molar-refractivity contribution in [1.29, 1.82) is 0 Å². The predicted molar refractivity (Wildman–Crippen MR) is 97.5 cm³/mol. The molecule has 0 saturated carbocycles. The van der Waals surface area contributed by atoms with Crippen LogP contribution in [0.3, 0.4) is 0 Å². The first-order valence-corrected chi connectivity index (χ1v) is 8.38. The van der Waals surface area contributed by atoms with Crippen LogP contribution in [0.4, 0.5) is 4.39 Å². The second-order valence-corrected chi connectivity index (χ2v) is 5.89. The van der Waals surface area contributed by atoms with Crippen LogP contribution in [0.5, 0.6) is 5.75 Å². The van der Waals surface area contributed by atoms with Gasteiger partial charge in [0, 0.05) is 12.1 Å². The van der Waals surface area contributed by atoms with E-state index in [1.54, 1.807) is 6.07 Å². The normalized spacial score (nSPS) is 12.8. The highest BCUT2D eigenvalue weighted by Gasteiger charge is 2.12. The third-order valence-electron chi connectivity index (χ3n) is 3.92. The highest BCUT2D eigenvalue weighted by molar-refractivity contribution is 5.80. The van der Waals surface area contributed by atoms with Crippen molar-refractivity contribution < 1.29 is 13.5 Å². The monoisotopic (exact) mass is 347 g/mol. The van der Waals surface area contributed by atoms with E-state index < -0.39 is 0 Å². The third-order valence-corrected chi connectivity index (χ3v) is 3.92. The molecule has 1 unspecified atom stereocenters. The molecule has 5 nitrogen and oxygen atoms in total. The van der Waals surface area contributed by atoms with Gasteiger partial charge in [0.1, 0.15) is 11.5 Å². The van der Waals surface area contributed by atoms with Crippen LogP contribution in [0.1, 0.15) is 42.5 Å². The van der Waals surface area contributed by atoms with Gasteiger partial charge in [0.2, 0.25) is 0 Å². The molecule has 136 valence electrons. The van der Waals surface area contributed by atoms with E-state index in [2.05, 4.69) is 15.6 Å². The Bertz CT molecular complexity index is 740. The fourth-order valence-corrected chi connectivity index (χ4v) is 2.57. The summed E-state index contributed by atoms with van der Waals surface area (Å²) in [5.74, 6) is 2.29. The second kappa shape index (κ2) is 8.55. The smallest absolute Gasteiger partial charge is 0.192 e. The Balaban J connectivity index is 2.10. The van der Waals surface area contributed by atoms with Gasteiger partial charge >= 0.3 is 0 Å². The van der Waals surface area contributed by atoms with Crippen LogP contribution in [0.2, 0.25) is 0 Å². The fraction of sp³-hybridized carbons (Fsp3) is 0.421. The minimum absolute atomic E-state index is 0.106. The molecule has 2 aromatic rings. The van der Waals surface area contributed by atoms with E-state index in [1.807, 2.05) is 39.8 Å². The predicted octanol–water partition coefficient (Wildman–Crippen LogP) is 3.86. The van der Waals surface area contributed by atoms with E-state index in [0.29, 0.717) is 12.5 Å². The van der Waals surface area contributed by atoms with Crippen molar-refractivity contribution in [1.82, 2.24) is 10.6 Å². The molecule has 1 aromatic carbocycles. The Morgan fingerprint density at radius 1 is 1.32 bits per heavy atom. The number of hydrogen-bond donors (Lipinski definition) is 2. The van der Waals surface area contributed by atoms with Gasteiger partial charge in [0.15, 0.2) is 17.5 Å². The zero-order valence-corrected chi connectivity index (χ0v) is 15.4. The number of ether oxygens (including phenoxy) is 1. The summed E-state index contributed by atoms with van der Waals surface area (Å²) in [4.78, 5) is 4.60. The molecule has 0 saturated heterocycles. The van der Waals surface area contributed by atoms with Crippen molar-refractivity contribution in [3.8, 4) is 5.75 Å². The zero-order chi connectivity index (χ0) is 18.4. The second-order valence-electron chi connectivity index (χ2n) is 5.89. The molecular weight excluding hydrogens is 321 g/mol. The maximum absolute atomic E-state index is 13.9. The molecule has 0 amide bonds. The van der Waals surface area contributed by atoms with Crippen LogP contribution in [0.15, 0.2) is 33.7 Å². The maximum Gasteiger partial charge on any atom is 0.192 e. The van der Waals surface area contributed by atoms with Gasteiger partial charge in [0.05, 0.1) is 19.7 Å². The number of nitrogens with zero attached hydrogens (tertiary/aromatic N) is 1. The lowest BCUT2D eigenvalue weighted by molar-refractivity contribution is 0.386. The number of aryl methyl sites for hydroxylation is 2. The van der Waals surface area contributed by atoms with Gasteiger partial charge in [-0.05, 0) is 51.5 Å². The SMILES string of the molecule is CCNC(=NCc1cc(C)oc1C)NC(C)c1ccc(OC)c(F)c1. The molecule has 1 aromatic heterocycles. The molecule has 1 heterocycles. The number of hydrogen-bond acceptors (Lipinski definition) is 3. The van der Waals surface area contributed by atoms with Crippen molar-refractivity contribution in [2.75, 3.05) is 13.7 Å². The van der Waals surface area contributed by atoms with Crippen LogP contribution in [-0.2, 0) is 6.54 Å². The molecule has 0 spiro atoms. The Labute approximate surface area is 148 Å². The summed E-state index contributed by atoms with van der Waals surface area (Å²) >= 11 is 0. The Morgan fingerprint density at radius 2 is 2.08 bits per heavy atom. The number of rotatable bonds is 6. The number of guanidine groups is 1. The van der Waals surface area contributed by atoms with Crippen molar-refractivity contribution in [2.24, 2.45) is 4.99 Å². The molecule has 1 atom stereocenters. The molecule has 6 heteroatoms. The number of nitrogens with one attached hydrogen (secondary N) is 2. The quantitative estimate of drug-likeness (QED) is 0.615. The summed E-state index contributed by atoms with van der Waals surface area (Å²) in [6, 6.07) is 6.83. The molecule has 0 aliphatic rings. The lowest BCUT2D eigenvalue weighted by atomic mass is 10.1. The standard InChI is InChI=1S/C19H26FN3O2/c1-6-21-19(22-11-16-9-12(2)25-14(16)4)23-13(3)15-7-8-18(24-5)17(20)10-15/h7-10,13H,6,11H2,1-5H3,(H2,21,22,23). The van der Waals surface area contributed by atoms with E-state index in [-0.39, 0.29) is 17.6 Å². The van der Waals surface area contributed by atoms with Crippen molar-refractivity contribution >= 4 is 5.96 Å². The van der Waals surface area contributed by atoms with E-state index in [4.69, 9.17) is 9.15 Å². The number of benzene rings is 1. The van der Waals surface area contributed by atoms with Gasteiger partial charge in [-0.15, -0.1) is 0 Å². The van der Waals surface area contributed by atoms with Crippen molar-refractivity contribution in [3.05, 3.63) is 52.7 Å². The van der Waals surface area contributed by atoms with Crippen LogP contribution in [0.25, 0.3) is 0 Å². The summed E-state index contributed by atoms with van der Waals surface area (Å²) < 4.78 is 24.4. The molecule has 0 aliphatic heterocycles. The molecule has 0 bridgehead atoms. The van der Waals surface area contributed by atoms with E-state index >= 15 is 0 Å². The Morgan fingerprint density at radius 3 is 2.64 bits per heavy atom. The average Bonchev–Trinajstić information content (AvgIpc) is 2.90. The van der Waals surface area contributed by atoms with Gasteiger partial charge in [-0.1, -0.05) is 6.07 Å². The summed E-state index contributed by atoms with van der Waals surface area (Å²) in [5.41, 5.74) is 1.87. The minimum atomic E-state index is -0.375. The summed E-state index contributed by atoms with van der Waals surface area (Å²) in [5, 5.41) is 6.50. The zero-order valence-electron chi connectivity index (χ0n) is 15.4. The first-order chi connectivity index (χ1) is 11.9. The first-order valence-electron chi connectivity index (χ1n) is 8.38. The fourth-order valence-electron chi connectivity index (χ4n) is 2.57. The van der Waals surface area contributed by atoms with Gasteiger partial charge in [-0.3, -0.25) is 0 Å². The Hall–Kier alpha value is -2.50. The molecule has 0 fully saturated rings. The maximum atomic E-state index is 13.9. The topological polar surface area (TPSA) is 58.8 Å². The highest BCUT2D eigenvalue weighted by atomic mass is 19.1. The lowest BCUT2D eigenvalue weighted by Gasteiger charge is -2.18. The van der Waals surface area contributed by atoms with E-state index in [0.717, 1.165) is 29.2 Å². The largest absolute Gasteiger partial charge is 0.494 e. The Kier molecular flexibility index (Phi) is 6.44. The molecule has 2 N–H and O–H groups in total. The van der Waals surface area contributed by atoms with Gasteiger partial charge in [-0.25, -0.2) is 9.38 Å². The van der Waals surface area contributed by atoms with Gasteiger partial charge in [0.25, 0.3) is 0 Å². The molecule has 0 aliphatic carbocycles. The van der Waals surface area contributed by atoms with Crippen molar-refractivity contribution in [2.45, 2.75) is 40.3 Å². The third kappa shape index (κ3) is 4.98. The van der Waals surface area contributed by atoms with Crippen LogP contribution in [0, 0.1) is 19.7 Å².